The molecule has 1 fully saturated rings. The van der Waals surface area contributed by atoms with Crippen LogP contribution in [0.25, 0.3) is 0 Å². The van der Waals surface area contributed by atoms with Crippen LogP contribution in [0.1, 0.15) is 38.2 Å². The summed E-state index contributed by atoms with van der Waals surface area (Å²) in [6, 6.07) is 6.10. The normalized spacial score (nSPS) is 26.5. The minimum absolute atomic E-state index is 0.0983. The molecule has 0 saturated heterocycles. The van der Waals surface area contributed by atoms with E-state index in [0.29, 0.717) is 0 Å². The lowest BCUT2D eigenvalue weighted by atomic mass is 9.77. The molecule has 0 heterocycles. The maximum absolute atomic E-state index is 9.75. The Hall–Kier alpha value is -0.580. The summed E-state index contributed by atoms with van der Waals surface area (Å²) in [4.78, 5) is 0. The topological polar surface area (TPSA) is 41.5 Å². The lowest BCUT2D eigenvalue weighted by Crippen LogP contribution is -2.50. The van der Waals surface area contributed by atoms with Crippen LogP contribution in [0.4, 0.5) is 0 Å². The van der Waals surface area contributed by atoms with Crippen LogP contribution in [0, 0.1) is 5.92 Å². The van der Waals surface area contributed by atoms with Gasteiger partial charge in [-0.1, -0.05) is 13.0 Å². The van der Waals surface area contributed by atoms with Gasteiger partial charge in [0.05, 0.1) is 18.2 Å². The molecular weight excluding hydrogens is 318 g/mol. The summed E-state index contributed by atoms with van der Waals surface area (Å²) >= 11 is 3.51. The third-order valence-corrected chi connectivity index (χ3v) is 5.04. The maximum atomic E-state index is 9.75. The van der Waals surface area contributed by atoms with Crippen molar-refractivity contribution < 1.29 is 9.84 Å². The van der Waals surface area contributed by atoms with E-state index in [1.807, 2.05) is 6.07 Å². The van der Waals surface area contributed by atoms with E-state index in [0.717, 1.165) is 35.5 Å². The molecule has 4 heteroatoms. The Balaban J connectivity index is 1.98. The Bertz CT molecular complexity index is 442. The van der Waals surface area contributed by atoms with Crippen molar-refractivity contribution in [3.8, 4) is 5.75 Å². The van der Waals surface area contributed by atoms with Gasteiger partial charge in [0, 0.05) is 12.1 Å². The summed E-state index contributed by atoms with van der Waals surface area (Å²) < 4.78 is 6.21. The van der Waals surface area contributed by atoms with E-state index < -0.39 is 0 Å². The molecule has 3 nitrogen and oxygen atoms in total. The highest BCUT2D eigenvalue weighted by atomic mass is 79.9. The standard InChI is InChI=1S/C16H24BrNO2/c1-12-5-7-16(11-19,8-6-12)18-10-13-3-4-15(20-2)14(17)9-13/h3-4,9,12,18-19H,5-8,10-11H2,1-2H3. The first kappa shape index (κ1) is 15.8. The Morgan fingerprint density at radius 2 is 2.10 bits per heavy atom. The molecule has 0 atom stereocenters. The van der Waals surface area contributed by atoms with Gasteiger partial charge >= 0.3 is 0 Å². The molecule has 0 aromatic heterocycles. The van der Waals surface area contributed by atoms with Gasteiger partial charge in [0.1, 0.15) is 5.75 Å². The van der Waals surface area contributed by atoms with E-state index in [-0.39, 0.29) is 12.1 Å². The second kappa shape index (κ2) is 6.92. The van der Waals surface area contributed by atoms with Crippen LogP contribution in [0.2, 0.25) is 0 Å². The van der Waals surface area contributed by atoms with E-state index in [9.17, 15) is 5.11 Å². The first-order chi connectivity index (χ1) is 9.58. The molecule has 0 spiro atoms. The van der Waals surface area contributed by atoms with Crippen molar-refractivity contribution in [1.82, 2.24) is 5.32 Å². The van der Waals surface area contributed by atoms with Crippen LogP contribution in [0.3, 0.4) is 0 Å². The number of rotatable bonds is 5. The van der Waals surface area contributed by atoms with Crippen LogP contribution >= 0.6 is 15.9 Å². The highest BCUT2D eigenvalue weighted by Crippen LogP contribution is 2.32. The summed E-state index contributed by atoms with van der Waals surface area (Å²) in [5, 5.41) is 13.3. The molecule has 1 aromatic rings. The molecule has 112 valence electrons. The molecule has 1 aromatic carbocycles. The molecule has 1 saturated carbocycles. The van der Waals surface area contributed by atoms with Gasteiger partial charge in [-0.3, -0.25) is 0 Å². The highest BCUT2D eigenvalue weighted by molar-refractivity contribution is 9.10. The number of aliphatic hydroxyl groups is 1. The monoisotopic (exact) mass is 341 g/mol. The molecule has 2 N–H and O–H groups in total. The zero-order valence-electron chi connectivity index (χ0n) is 12.3. The minimum atomic E-state index is -0.0983. The third kappa shape index (κ3) is 3.74. The van der Waals surface area contributed by atoms with E-state index >= 15 is 0 Å². The van der Waals surface area contributed by atoms with Gasteiger partial charge in [-0.2, -0.15) is 0 Å². The largest absolute Gasteiger partial charge is 0.496 e. The fraction of sp³-hybridized carbons (Fsp3) is 0.625. The van der Waals surface area contributed by atoms with Crippen molar-refractivity contribution in [3.05, 3.63) is 28.2 Å². The second-order valence-corrected chi connectivity index (χ2v) is 6.80. The molecule has 2 rings (SSSR count). The van der Waals surface area contributed by atoms with E-state index in [4.69, 9.17) is 4.74 Å². The number of benzene rings is 1. The lowest BCUT2D eigenvalue weighted by molar-refractivity contribution is 0.104. The van der Waals surface area contributed by atoms with E-state index in [1.165, 1.54) is 18.4 Å². The quantitative estimate of drug-likeness (QED) is 0.861. The van der Waals surface area contributed by atoms with Crippen LogP contribution < -0.4 is 10.1 Å². The molecule has 0 aliphatic heterocycles. The van der Waals surface area contributed by atoms with Crippen molar-refractivity contribution in [2.45, 2.75) is 44.7 Å². The van der Waals surface area contributed by atoms with Gasteiger partial charge in [-0.05, 0) is 65.2 Å². The fourth-order valence-electron chi connectivity index (χ4n) is 2.81. The molecule has 0 radical (unpaired) electrons. The highest BCUT2D eigenvalue weighted by Gasteiger charge is 2.32. The van der Waals surface area contributed by atoms with Gasteiger partial charge < -0.3 is 15.2 Å². The maximum Gasteiger partial charge on any atom is 0.133 e. The SMILES string of the molecule is COc1ccc(CNC2(CO)CCC(C)CC2)cc1Br. The molecule has 0 unspecified atom stereocenters. The van der Waals surface area contributed by atoms with Crippen molar-refractivity contribution in [2.75, 3.05) is 13.7 Å². The number of ether oxygens (including phenoxy) is 1. The number of aliphatic hydroxyl groups excluding tert-OH is 1. The Morgan fingerprint density at radius 3 is 2.65 bits per heavy atom. The van der Waals surface area contributed by atoms with E-state index in [1.54, 1.807) is 7.11 Å². The van der Waals surface area contributed by atoms with Gasteiger partial charge in [-0.15, -0.1) is 0 Å². The Labute approximate surface area is 129 Å². The molecule has 0 bridgehead atoms. The first-order valence-corrected chi connectivity index (χ1v) is 8.06. The fourth-order valence-corrected chi connectivity index (χ4v) is 3.40. The summed E-state index contributed by atoms with van der Waals surface area (Å²) in [7, 11) is 1.67. The van der Waals surface area contributed by atoms with E-state index in [2.05, 4.69) is 40.3 Å². The first-order valence-electron chi connectivity index (χ1n) is 7.27. The smallest absolute Gasteiger partial charge is 0.133 e. The molecule has 20 heavy (non-hydrogen) atoms. The van der Waals surface area contributed by atoms with Gasteiger partial charge in [0.25, 0.3) is 0 Å². The van der Waals surface area contributed by atoms with Crippen molar-refractivity contribution in [2.24, 2.45) is 5.92 Å². The predicted molar refractivity (Wildman–Crippen MR) is 85.0 cm³/mol. The molecule has 0 amide bonds. The van der Waals surface area contributed by atoms with Gasteiger partial charge in [-0.25, -0.2) is 0 Å². The van der Waals surface area contributed by atoms with Gasteiger partial charge in [0.2, 0.25) is 0 Å². The molecular formula is C16H24BrNO2. The van der Waals surface area contributed by atoms with Crippen molar-refractivity contribution in [3.63, 3.8) is 0 Å². The lowest BCUT2D eigenvalue weighted by Gasteiger charge is -2.39. The Kier molecular flexibility index (Phi) is 5.47. The number of halogens is 1. The Morgan fingerprint density at radius 1 is 1.40 bits per heavy atom. The van der Waals surface area contributed by atoms with Crippen LogP contribution in [-0.2, 0) is 6.54 Å². The molecule has 1 aliphatic rings. The number of methoxy groups -OCH3 is 1. The summed E-state index contributed by atoms with van der Waals surface area (Å²) in [6.45, 7) is 3.29. The molecule has 1 aliphatic carbocycles. The summed E-state index contributed by atoms with van der Waals surface area (Å²) in [6.07, 6.45) is 4.50. The number of nitrogens with one attached hydrogen (secondary N) is 1. The van der Waals surface area contributed by atoms with Crippen LogP contribution in [-0.4, -0.2) is 24.4 Å². The zero-order valence-corrected chi connectivity index (χ0v) is 13.9. The summed E-state index contributed by atoms with van der Waals surface area (Å²) in [5.41, 5.74) is 1.10. The van der Waals surface area contributed by atoms with Crippen molar-refractivity contribution >= 4 is 15.9 Å². The van der Waals surface area contributed by atoms with Crippen LogP contribution in [0.5, 0.6) is 5.75 Å². The van der Waals surface area contributed by atoms with Crippen molar-refractivity contribution in [1.29, 1.82) is 0 Å². The predicted octanol–water partition coefficient (Wildman–Crippen LogP) is 3.49. The minimum Gasteiger partial charge on any atom is -0.496 e. The average Bonchev–Trinajstić information content (AvgIpc) is 2.47. The summed E-state index contributed by atoms with van der Waals surface area (Å²) in [5.74, 6) is 1.63. The van der Waals surface area contributed by atoms with Crippen LogP contribution in [0.15, 0.2) is 22.7 Å². The average molecular weight is 342 g/mol. The third-order valence-electron chi connectivity index (χ3n) is 4.42. The zero-order chi connectivity index (χ0) is 14.6. The number of hydrogen-bond donors (Lipinski definition) is 2. The number of hydrogen-bond acceptors (Lipinski definition) is 3. The van der Waals surface area contributed by atoms with Gasteiger partial charge in [0.15, 0.2) is 0 Å². The second-order valence-electron chi connectivity index (χ2n) is 5.94.